The van der Waals surface area contributed by atoms with Crippen molar-refractivity contribution in [1.82, 2.24) is 0 Å². The first-order valence-corrected chi connectivity index (χ1v) is 3.92. The number of nitrogens with two attached hydrogens (primary N) is 1. The molecular formula is C7H10F5N. The normalized spacial score (nSPS) is 29.1. The Balaban J connectivity index is 2.44. The van der Waals surface area contributed by atoms with Crippen LogP contribution in [0.4, 0.5) is 22.0 Å². The molecule has 0 saturated heterocycles. The van der Waals surface area contributed by atoms with E-state index in [9.17, 15) is 22.0 Å². The molecule has 0 aromatic heterocycles. The molecule has 0 aromatic carbocycles. The smallest absolute Gasteiger partial charge is 0.330 e. The van der Waals surface area contributed by atoms with E-state index in [1.54, 1.807) is 0 Å². The van der Waals surface area contributed by atoms with Crippen molar-refractivity contribution in [2.24, 2.45) is 17.6 Å². The topological polar surface area (TPSA) is 26.0 Å². The summed E-state index contributed by atoms with van der Waals surface area (Å²) in [5, 5.41) is 0. The van der Waals surface area contributed by atoms with Crippen LogP contribution in [0.25, 0.3) is 0 Å². The highest BCUT2D eigenvalue weighted by molar-refractivity contribution is 4.92. The lowest BCUT2D eigenvalue weighted by Gasteiger charge is -2.19. The zero-order valence-electron chi connectivity index (χ0n) is 6.74. The van der Waals surface area contributed by atoms with Gasteiger partial charge >= 0.3 is 12.1 Å². The minimum Gasteiger partial charge on any atom is -0.330 e. The number of hydrogen-bond acceptors (Lipinski definition) is 1. The van der Waals surface area contributed by atoms with Crippen LogP contribution in [0.5, 0.6) is 0 Å². The lowest BCUT2D eigenvalue weighted by molar-refractivity contribution is -0.286. The molecule has 1 aliphatic carbocycles. The molecule has 13 heavy (non-hydrogen) atoms. The Morgan fingerprint density at radius 2 is 1.62 bits per heavy atom. The third-order valence-electron chi connectivity index (χ3n) is 2.31. The van der Waals surface area contributed by atoms with Crippen LogP contribution in [-0.2, 0) is 0 Å². The average Bonchev–Trinajstić information content (AvgIpc) is 2.63. The van der Waals surface area contributed by atoms with Crippen molar-refractivity contribution in [3.05, 3.63) is 0 Å². The number of rotatable bonds is 3. The van der Waals surface area contributed by atoms with Crippen molar-refractivity contribution in [1.29, 1.82) is 0 Å². The van der Waals surface area contributed by atoms with Gasteiger partial charge in [-0.3, -0.25) is 0 Å². The molecule has 0 heterocycles. The Bertz CT molecular complexity index is 188. The zero-order chi connectivity index (χ0) is 10.3. The van der Waals surface area contributed by atoms with Gasteiger partial charge < -0.3 is 5.73 Å². The fourth-order valence-corrected chi connectivity index (χ4v) is 1.29. The molecule has 0 aromatic rings. The lowest BCUT2D eigenvalue weighted by atomic mass is 10.1. The fraction of sp³-hybridized carbons (Fsp3) is 1.00. The van der Waals surface area contributed by atoms with Gasteiger partial charge in [0.15, 0.2) is 0 Å². The molecule has 0 spiro atoms. The molecule has 78 valence electrons. The predicted octanol–water partition coefficient (Wildman–Crippen LogP) is 2.17. The Labute approximate surface area is 72.1 Å². The molecule has 1 aliphatic rings. The third kappa shape index (κ3) is 2.30. The molecule has 0 amide bonds. The van der Waals surface area contributed by atoms with E-state index in [1.165, 1.54) is 0 Å². The van der Waals surface area contributed by atoms with Gasteiger partial charge in [-0.05, 0) is 24.8 Å². The summed E-state index contributed by atoms with van der Waals surface area (Å²) >= 11 is 0. The molecule has 1 rings (SSSR count). The second-order valence-electron chi connectivity index (χ2n) is 3.40. The van der Waals surface area contributed by atoms with E-state index in [4.69, 9.17) is 5.73 Å². The van der Waals surface area contributed by atoms with Crippen LogP contribution in [0, 0.1) is 11.8 Å². The van der Waals surface area contributed by atoms with Crippen molar-refractivity contribution in [3.63, 3.8) is 0 Å². The highest BCUT2D eigenvalue weighted by Crippen LogP contribution is 2.49. The van der Waals surface area contributed by atoms with Crippen LogP contribution in [0.3, 0.4) is 0 Å². The summed E-state index contributed by atoms with van der Waals surface area (Å²) in [4.78, 5) is 0. The quantitative estimate of drug-likeness (QED) is 0.699. The molecule has 0 unspecified atom stereocenters. The molecule has 0 radical (unpaired) electrons. The van der Waals surface area contributed by atoms with E-state index in [2.05, 4.69) is 0 Å². The largest absolute Gasteiger partial charge is 0.453 e. The van der Waals surface area contributed by atoms with Gasteiger partial charge in [-0.25, -0.2) is 0 Å². The Morgan fingerprint density at radius 1 is 1.08 bits per heavy atom. The lowest BCUT2D eigenvalue weighted by Crippen LogP contribution is -2.37. The Morgan fingerprint density at radius 3 is 1.92 bits per heavy atom. The standard InChI is InChI=1S/C7H10F5N/c8-6(9,7(10,11)12)2-4-1-5(4)3-13/h4-5H,1-3,13H2/t4-,5-/m0/s1. The first kappa shape index (κ1) is 10.7. The molecule has 0 aliphatic heterocycles. The highest BCUT2D eigenvalue weighted by Gasteiger charge is 2.60. The highest BCUT2D eigenvalue weighted by atomic mass is 19.4. The van der Waals surface area contributed by atoms with Crippen LogP contribution in [-0.4, -0.2) is 18.6 Å². The van der Waals surface area contributed by atoms with Crippen LogP contribution in [0.15, 0.2) is 0 Å². The summed E-state index contributed by atoms with van der Waals surface area (Å²) in [5.41, 5.74) is 5.13. The van der Waals surface area contributed by atoms with Crippen LogP contribution in [0.1, 0.15) is 12.8 Å². The van der Waals surface area contributed by atoms with Gasteiger partial charge in [0.1, 0.15) is 0 Å². The summed E-state index contributed by atoms with van der Waals surface area (Å²) in [6.07, 6.45) is -6.14. The molecule has 1 fully saturated rings. The monoisotopic (exact) mass is 203 g/mol. The minimum absolute atomic E-state index is 0.145. The van der Waals surface area contributed by atoms with Crippen LogP contribution >= 0.6 is 0 Å². The molecular weight excluding hydrogens is 193 g/mol. The van der Waals surface area contributed by atoms with Crippen LogP contribution < -0.4 is 5.73 Å². The van der Waals surface area contributed by atoms with Gasteiger partial charge in [0.25, 0.3) is 0 Å². The summed E-state index contributed by atoms with van der Waals surface area (Å²) < 4.78 is 59.7. The van der Waals surface area contributed by atoms with Gasteiger partial charge in [0.2, 0.25) is 0 Å². The van der Waals surface area contributed by atoms with Gasteiger partial charge in [-0.15, -0.1) is 0 Å². The van der Waals surface area contributed by atoms with E-state index in [1.807, 2.05) is 0 Å². The van der Waals surface area contributed by atoms with E-state index in [0.29, 0.717) is 6.42 Å². The molecule has 0 bridgehead atoms. The maximum absolute atomic E-state index is 12.4. The number of alkyl halides is 5. The van der Waals surface area contributed by atoms with Crippen molar-refractivity contribution in [2.75, 3.05) is 6.54 Å². The Hall–Kier alpha value is -0.390. The van der Waals surface area contributed by atoms with Crippen LogP contribution in [0.2, 0.25) is 0 Å². The SMILES string of the molecule is NC[C@@H]1C[C@H]1CC(F)(F)C(F)(F)F. The molecule has 2 atom stereocenters. The van der Waals surface area contributed by atoms with Crippen molar-refractivity contribution in [3.8, 4) is 0 Å². The summed E-state index contributed by atoms with van der Waals surface area (Å²) in [6.45, 7) is 0.193. The number of hydrogen-bond donors (Lipinski definition) is 1. The first-order chi connectivity index (χ1) is 5.78. The summed E-state index contributed by atoms with van der Waals surface area (Å²) in [6, 6.07) is 0. The molecule has 6 heteroatoms. The van der Waals surface area contributed by atoms with E-state index in [0.717, 1.165) is 0 Å². The van der Waals surface area contributed by atoms with Crippen molar-refractivity contribution in [2.45, 2.75) is 24.9 Å². The zero-order valence-corrected chi connectivity index (χ0v) is 6.74. The fourth-order valence-electron chi connectivity index (χ4n) is 1.29. The van der Waals surface area contributed by atoms with E-state index < -0.39 is 24.4 Å². The first-order valence-electron chi connectivity index (χ1n) is 3.92. The van der Waals surface area contributed by atoms with Gasteiger partial charge in [-0.1, -0.05) is 0 Å². The third-order valence-corrected chi connectivity index (χ3v) is 2.31. The Kier molecular flexibility index (Phi) is 2.53. The maximum atomic E-state index is 12.4. The maximum Gasteiger partial charge on any atom is 0.453 e. The summed E-state index contributed by atoms with van der Waals surface area (Å²) in [7, 11) is 0. The van der Waals surface area contributed by atoms with Gasteiger partial charge in [-0.2, -0.15) is 22.0 Å². The van der Waals surface area contributed by atoms with E-state index >= 15 is 0 Å². The second-order valence-corrected chi connectivity index (χ2v) is 3.40. The minimum atomic E-state index is -5.42. The van der Waals surface area contributed by atoms with Gasteiger partial charge in [0, 0.05) is 6.42 Å². The second kappa shape index (κ2) is 3.08. The van der Waals surface area contributed by atoms with E-state index in [-0.39, 0.29) is 12.5 Å². The molecule has 1 saturated carbocycles. The van der Waals surface area contributed by atoms with Crippen molar-refractivity contribution >= 4 is 0 Å². The van der Waals surface area contributed by atoms with Gasteiger partial charge in [0.05, 0.1) is 0 Å². The molecule has 1 nitrogen and oxygen atoms in total. The van der Waals surface area contributed by atoms with Crippen molar-refractivity contribution < 1.29 is 22.0 Å². The average molecular weight is 203 g/mol. The predicted molar refractivity (Wildman–Crippen MR) is 36.3 cm³/mol. The number of halogens is 5. The summed E-state index contributed by atoms with van der Waals surface area (Å²) in [5.74, 6) is -5.25. The molecule has 2 N–H and O–H groups in total.